The first kappa shape index (κ1) is 20.3. The van der Waals surface area contributed by atoms with Gasteiger partial charge in [0.05, 0.1) is 18.2 Å². The van der Waals surface area contributed by atoms with Crippen LogP contribution >= 0.6 is 11.3 Å². The molecule has 0 radical (unpaired) electrons. The van der Waals surface area contributed by atoms with E-state index in [-0.39, 0.29) is 12.3 Å². The van der Waals surface area contributed by atoms with Gasteiger partial charge in [0.2, 0.25) is 5.91 Å². The average molecular weight is 447 g/mol. The Hall–Kier alpha value is -3.59. The first-order valence-electron chi connectivity index (χ1n) is 10.4. The Balaban J connectivity index is 1.18. The first-order chi connectivity index (χ1) is 15.6. The molecule has 1 saturated carbocycles. The van der Waals surface area contributed by atoms with Crippen molar-refractivity contribution in [2.45, 2.75) is 38.8 Å². The van der Waals surface area contributed by atoms with Gasteiger partial charge < -0.3 is 10.1 Å². The second-order valence-electron chi connectivity index (χ2n) is 7.82. The third-order valence-electron chi connectivity index (χ3n) is 5.11. The number of tetrazole rings is 1. The van der Waals surface area contributed by atoms with Gasteiger partial charge in [-0.15, -0.1) is 16.4 Å². The zero-order valence-electron chi connectivity index (χ0n) is 17.6. The highest BCUT2D eigenvalue weighted by Gasteiger charge is 2.28. The molecule has 0 bridgehead atoms. The minimum Gasteiger partial charge on any atom is -0.486 e. The van der Waals surface area contributed by atoms with Gasteiger partial charge in [-0.2, -0.15) is 0 Å². The van der Waals surface area contributed by atoms with Crippen molar-refractivity contribution >= 4 is 22.9 Å². The minimum absolute atomic E-state index is 0.125. The first-order valence-corrected chi connectivity index (χ1v) is 11.3. The van der Waals surface area contributed by atoms with Crippen LogP contribution in [-0.4, -0.2) is 31.1 Å². The number of amides is 1. The number of carbonyl (C=O) groups is 1. The normalized spacial score (nSPS) is 13.2. The SMILES string of the molecule is Cc1ccc(OCc2nc(CC(=O)Nc3cccc(-c4nnnn4C4CC4)c3)cs2)cc1. The summed E-state index contributed by atoms with van der Waals surface area (Å²) in [6.07, 6.45) is 2.39. The third-order valence-corrected chi connectivity index (χ3v) is 5.99. The van der Waals surface area contributed by atoms with E-state index in [0.717, 1.165) is 40.7 Å². The number of hydrogen-bond donors (Lipinski definition) is 1. The molecule has 1 aliphatic rings. The number of carbonyl (C=O) groups excluding carboxylic acids is 1. The van der Waals surface area contributed by atoms with Crippen molar-refractivity contribution in [2.24, 2.45) is 0 Å². The maximum absolute atomic E-state index is 12.6. The lowest BCUT2D eigenvalue weighted by Crippen LogP contribution is -2.14. The van der Waals surface area contributed by atoms with Gasteiger partial charge in [-0.05, 0) is 54.5 Å². The molecule has 0 aliphatic heterocycles. The topological polar surface area (TPSA) is 94.8 Å². The smallest absolute Gasteiger partial charge is 0.230 e. The number of benzene rings is 2. The van der Waals surface area contributed by atoms with E-state index in [0.29, 0.717) is 18.3 Å². The maximum Gasteiger partial charge on any atom is 0.230 e. The van der Waals surface area contributed by atoms with Gasteiger partial charge in [0.15, 0.2) is 5.82 Å². The molecule has 1 amide bonds. The molecule has 5 rings (SSSR count). The fourth-order valence-corrected chi connectivity index (χ4v) is 4.04. The monoisotopic (exact) mass is 446 g/mol. The molecule has 162 valence electrons. The number of rotatable bonds is 8. The van der Waals surface area contributed by atoms with Crippen LogP contribution in [0.2, 0.25) is 0 Å². The molecular weight excluding hydrogens is 424 g/mol. The van der Waals surface area contributed by atoms with Crippen molar-refractivity contribution < 1.29 is 9.53 Å². The van der Waals surface area contributed by atoms with E-state index in [1.807, 2.05) is 65.5 Å². The third kappa shape index (κ3) is 4.83. The van der Waals surface area contributed by atoms with Gasteiger partial charge >= 0.3 is 0 Å². The number of hydrogen-bond acceptors (Lipinski definition) is 7. The van der Waals surface area contributed by atoms with Gasteiger partial charge in [-0.1, -0.05) is 29.8 Å². The summed E-state index contributed by atoms with van der Waals surface area (Å²) in [5.41, 5.74) is 3.50. The Morgan fingerprint density at radius 2 is 2.06 bits per heavy atom. The highest BCUT2D eigenvalue weighted by atomic mass is 32.1. The quantitative estimate of drug-likeness (QED) is 0.436. The Morgan fingerprint density at radius 1 is 1.22 bits per heavy atom. The lowest BCUT2D eigenvalue weighted by atomic mass is 10.2. The molecule has 0 spiro atoms. The minimum atomic E-state index is -0.125. The number of aromatic nitrogens is 5. The van der Waals surface area contributed by atoms with Crippen molar-refractivity contribution in [3.63, 3.8) is 0 Å². The Kier molecular flexibility index (Phi) is 5.64. The van der Waals surface area contributed by atoms with Gasteiger partial charge in [-0.25, -0.2) is 9.67 Å². The van der Waals surface area contributed by atoms with Crippen LogP contribution in [-0.2, 0) is 17.8 Å². The van der Waals surface area contributed by atoms with E-state index in [9.17, 15) is 4.79 Å². The van der Waals surface area contributed by atoms with Gasteiger partial charge in [0, 0.05) is 16.6 Å². The van der Waals surface area contributed by atoms with Crippen LogP contribution in [0.4, 0.5) is 5.69 Å². The fraction of sp³-hybridized carbons (Fsp3) is 0.261. The number of nitrogens with zero attached hydrogens (tertiary/aromatic N) is 5. The molecule has 1 aliphatic carbocycles. The summed E-state index contributed by atoms with van der Waals surface area (Å²) in [4.78, 5) is 17.1. The summed E-state index contributed by atoms with van der Waals surface area (Å²) in [5, 5.41) is 17.7. The van der Waals surface area contributed by atoms with Gasteiger partial charge in [0.25, 0.3) is 0 Å². The van der Waals surface area contributed by atoms with Gasteiger partial charge in [-0.3, -0.25) is 4.79 Å². The second-order valence-corrected chi connectivity index (χ2v) is 8.76. The Labute approximate surface area is 189 Å². The molecule has 1 fully saturated rings. The lowest BCUT2D eigenvalue weighted by molar-refractivity contribution is -0.115. The molecule has 2 aromatic heterocycles. The summed E-state index contributed by atoms with van der Waals surface area (Å²) in [7, 11) is 0. The molecule has 0 saturated heterocycles. The van der Waals surface area contributed by atoms with Crippen LogP contribution in [0.3, 0.4) is 0 Å². The highest BCUT2D eigenvalue weighted by Crippen LogP contribution is 2.36. The van der Waals surface area contributed by atoms with E-state index in [2.05, 4.69) is 25.8 Å². The molecule has 9 heteroatoms. The van der Waals surface area contributed by atoms with Crippen LogP contribution in [0.1, 0.15) is 35.1 Å². The van der Waals surface area contributed by atoms with Crippen LogP contribution in [0.25, 0.3) is 11.4 Å². The lowest BCUT2D eigenvalue weighted by Gasteiger charge is -2.07. The second kappa shape index (κ2) is 8.88. The van der Waals surface area contributed by atoms with Crippen LogP contribution in [0.15, 0.2) is 53.9 Å². The summed E-state index contributed by atoms with van der Waals surface area (Å²) in [6, 6.07) is 15.9. The van der Waals surface area contributed by atoms with Crippen molar-refractivity contribution in [3.8, 4) is 17.1 Å². The number of thiazole rings is 1. The number of aryl methyl sites for hydroxylation is 1. The van der Waals surface area contributed by atoms with Crippen molar-refractivity contribution in [1.29, 1.82) is 0 Å². The maximum atomic E-state index is 12.6. The van der Waals surface area contributed by atoms with E-state index >= 15 is 0 Å². The summed E-state index contributed by atoms with van der Waals surface area (Å²) in [6.45, 7) is 2.42. The van der Waals surface area contributed by atoms with E-state index < -0.39 is 0 Å². The van der Waals surface area contributed by atoms with Crippen molar-refractivity contribution in [3.05, 3.63) is 70.2 Å². The highest BCUT2D eigenvalue weighted by molar-refractivity contribution is 7.09. The summed E-state index contributed by atoms with van der Waals surface area (Å²) < 4.78 is 7.63. The molecular formula is C23H22N6O2S. The number of anilines is 1. The molecule has 0 atom stereocenters. The fourth-order valence-electron chi connectivity index (χ4n) is 3.33. The van der Waals surface area contributed by atoms with E-state index in [1.54, 1.807) is 0 Å². The van der Waals surface area contributed by atoms with E-state index in [1.165, 1.54) is 16.9 Å². The predicted octanol–water partition coefficient (Wildman–Crippen LogP) is 4.20. The Morgan fingerprint density at radius 3 is 2.88 bits per heavy atom. The standard InChI is InChI=1S/C23H22N6O2S/c1-15-5-9-20(10-6-15)31-13-22-25-18(14-32-22)12-21(30)24-17-4-2-3-16(11-17)23-26-27-28-29(23)19-7-8-19/h2-6,9-11,14,19H,7-8,12-13H2,1H3,(H,24,30). The van der Waals surface area contributed by atoms with Gasteiger partial charge in [0.1, 0.15) is 17.4 Å². The summed E-state index contributed by atoms with van der Waals surface area (Å²) >= 11 is 1.49. The molecule has 32 heavy (non-hydrogen) atoms. The molecule has 0 unspecified atom stereocenters. The van der Waals surface area contributed by atoms with Crippen LogP contribution < -0.4 is 10.1 Å². The molecule has 4 aromatic rings. The van der Waals surface area contributed by atoms with Crippen LogP contribution in [0.5, 0.6) is 5.75 Å². The zero-order valence-corrected chi connectivity index (χ0v) is 18.4. The van der Waals surface area contributed by atoms with E-state index in [4.69, 9.17) is 4.74 Å². The average Bonchev–Trinajstić information content (AvgIpc) is 3.34. The molecule has 2 aromatic carbocycles. The van der Waals surface area contributed by atoms with Crippen molar-refractivity contribution in [2.75, 3.05) is 5.32 Å². The van der Waals surface area contributed by atoms with Crippen molar-refractivity contribution in [1.82, 2.24) is 25.2 Å². The van der Waals surface area contributed by atoms with Crippen LogP contribution in [0, 0.1) is 6.92 Å². The number of ether oxygens (including phenoxy) is 1. The molecule has 1 N–H and O–H groups in total. The zero-order chi connectivity index (χ0) is 21.9. The molecule has 2 heterocycles. The number of nitrogens with one attached hydrogen (secondary N) is 1. The predicted molar refractivity (Wildman–Crippen MR) is 121 cm³/mol. The largest absolute Gasteiger partial charge is 0.486 e. The Bertz CT molecular complexity index is 1230. The molecule has 8 nitrogen and oxygen atoms in total. The summed E-state index contributed by atoms with van der Waals surface area (Å²) in [5.74, 6) is 1.40.